The zero-order chi connectivity index (χ0) is 8.10. The molecule has 0 amide bonds. The van der Waals surface area contributed by atoms with Crippen LogP contribution in [0.5, 0.6) is 0 Å². The van der Waals surface area contributed by atoms with Crippen molar-refractivity contribution in [2.24, 2.45) is 0 Å². The molecule has 0 N–H and O–H groups in total. The van der Waals surface area contributed by atoms with E-state index in [4.69, 9.17) is 4.74 Å². The maximum absolute atomic E-state index is 10.8. The Morgan fingerprint density at radius 1 is 1.82 bits per heavy atom. The minimum absolute atomic E-state index is 0.227. The minimum atomic E-state index is -0.250. The first-order valence-electron chi connectivity index (χ1n) is 3.25. The Morgan fingerprint density at radius 3 is 3.18 bits per heavy atom. The van der Waals surface area contributed by atoms with Crippen molar-refractivity contribution in [2.45, 2.75) is 13.3 Å². The number of carbonyl (C=O) groups excluding carboxylic acids is 1. The summed E-state index contributed by atoms with van der Waals surface area (Å²) < 4.78 is 12.3. The fraction of sp³-hybridized carbons (Fsp3) is 0.500. The van der Waals surface area contributed by atoms with E-state index in [-0.39, 0.29) is 12.4 Å². The highest BCUT2D eigenvalue weighted by atomic mass is 32.1. The van der Waals surface area contributed by atoms with Crippen LogP contribution in [0.2, 0.25) is 0 Å². The Kier molecular flexibility index (Phi) is 2.97. The lowest BCUT2D eigenvalue weighted by molar-refractivity contribution is -0.142. The smallest absolute Gasteiger partial charge is 0.311 e. The average molecular weight is 172 g/mol. The Morgan fingerprint density at radius 2 is 2.64 bits per heavy atom. The SMILES string of the molecule is CCOC(=O)Cc1cnsn1. The molecule has 0 fully saturated rings. The number of carbonyl (C=O) groups is 1. The Balaban J connectivity index is 2.37. The summed E-state index contributed by atoms with van der Waals surface area (Å²) >= 11 is 1.09. The maximum atomic E-state index is 10.8. The molecular formula is C6H8N2O2S. The van der Waals surface area contributed by atoms with Crippen LogP contribution in [-0.2, 0) is 16.0 Å². The van der Waals surface area contributed by atoms with Gasteiger partial charge in [0.25, 0.3) is 0 Å². The predicted molar refractivity (Wildman–Crippen MR) is 40.2 cm³/mol. The van der Waals surface area contributed by atoms with Gasteiger partial charge in [0.05, 0.1) is 36.6 Å². The van der Waals surface area contributed by atoms with E-state index in [1.807, 2.05) is 0 Å². The van der Waals surface area contributed by atoms with E-state index in [2.05, 4.69) is 8.75 Å². The summed E-state index contributed by atoms with van der Waals surface area (Å²) in [6, 6.07) is 0. The van der Waals surface area contributed by atoms with E-state index in [0.717, 1.165) is 11.7 Å². The van der Waals surface area contributed by atoms with Gasteiger partial charge in [-0.15, -0.1) is 0 Å². The zero-order valence-corrected chi connectivity index (χ0v) is 6.93. The van der Waals surface area contributed by atoms with Crippen LogP contribution in [0.15, 0.2) is 6.20 Å². The van der Waals surface area contributed by atoms with E-state index in [1.165, 1.54) is 0 Å². The molecule has 0 atom stereocenters. The van der Waals surface area contributed by atoms with E-state index in [9.17, 15) is 4.79 Å². The third-order valence-electron chi connectivity index (χ3n) is 1.04. The summed E-state index contributed by atoms with van der Waals surface area (Å²) in [5.41, 5.74) is 0.674. The van der Waals surface area contributed by atoms with Crippen molar-refractivity contribution in [3.63, 3.8) is 0 Å². The standard InChI is InChI=1S/C6H8N2O2S/c1-2-10-6(9)3-5-4-7-11-8-5/h4H,2-3H2,1H3. The van der Waals surface area contributed by atoms with E-state index in [0.29, 0.717) is 12.3 Å². The molecule has 0 aliphatic rings. The first-order chi connectivity index (χ1) is 5.33. The van der Waals surface area contributed by atoms with Crippen LogP contribution in [0.3, 0.4) is 0 Å². The number of esters is 1. The first-order valence-corrected chi connectivity index (χ1v) is 3.98. The van der Waals surface area contributed by atoms with Crippen molar-refractivity contribution in [3.05, 3.63) is 11.9 Å². The lowest BCUT2D eigenvalue weighted by Crippen LogP contribution is -2.07. The Bertz CT molecular complexity index is 222. The fourth-order valence-electron chi connectivity index (χ4n) is 0.622. The van der Waals surface area contributed by atoms with Crippen LogP contribution in [0.4, 0.5) is 0 Å². The molecule has 0 saturated carbocycles. The Hall–Kier alpha value is -0.970. The van der Waals surface area contributed by atoms with Gasteiger partial charge in [0.2, 0.25) is 0 Å². The van der Waals surface area contributed by atoms with Crippen molar-refractivity contribution in [1.29, 1.82) is 0 Å². The van der Waals surface area contributed by atoms with Gasteiger partial charge in [-0.2, -0.15) is 8.75 Å². The molecule has 1 aromatic heterocycles. The molecule has 1 aromatic rings. The molecule has 0 spiro atoms. The molecule has 0 aromatic carbocycles. The molecule has 0 unspecified atom stereocenters. The minimum Gasteiger partial charge on any atom is -0.466 e. The summed E-state index contributed by atoms with van der Waals surface area (Å²) in [4.78, 5) is 10.8. The van der Waals surface area contributed by atoms with Crippen LogP contribution in [0, 0.1) is 0 Å². The van der Waals surface area contributed by atoms with Gasteiger partial charge >= 0.3 is 5.97 Å². The van der Waals surface area contributed by atoms with Crippen molar-refractivity contribution in [2.75, 3.05) is 6.61 Å². The highest BCUT2D eigenvalue weighted by Gasteiger charge is 2.04. The number of ether oxygens (including phenoxy) is 1. The van der Waals surface area contributed by atoms with Crippen LogP contribution in [0.25, 0.3) is 0 Å². The summed E-state index contributed by atoms with van der Waals surface area (Å²) in [6.07, 6.45) is 1.80. The fourth-order valence-corrected chi connectivity index (χ4v) is 1.05. The summed E-state index contributed by atoms with van der Waals surface area (Å²) in [7, 11) is 0. The molecular weight excluding hydrogens is 164 g/mol. The number of hydrogen-bond donors (Lipinski definition) is 0. The van der Waals surface area contributed by atoms with Gasteiger partial charge in [-0.1, -0.05) is 0 Å². The van der Waals surface area contributed by atoms with Crippen molar-refractivity contribution in [1.82, 2.24) is 8.75 Å². The quantitative estimate of drug-likeness (QED) is 0.628. The van der Waals surface area contributed by atoms with Gasteiger partial charge in [-0.3, -0.25) is 4.79 Å². The van der Waals surface area contributed by atoms with Gasteiger partial charge in [0.1, 0.15) is 0 Å². The number of nitrogens with zero attached hydrogens (tertiary/aromatic N) is 2. The number of hydrogen-bond acceptors (Lipinski definition) is 5. The van der Waals surface area contributed by atoms with Gasteiger partial charge in [-0.05, 0) is 6.92 Å². The van der Waals surface area contributed by atoms with Gasteiger partial charge in [0.15, 0.2) is 0 Å². The predicted octanol–water partition coefficient (Wildman–Crippen LogP) is 0.644. The molecule has 1 rings (SSSR count). The highest BCUT2D eigenvalue weighted by molar-refractivity contribution is 6.99. The molecule has 0 radical (unpaired) electrons. The average Bonchev–Trinajstić information content (AvgIpc) is 2.40. The number of rotatable bonds is 3. The molecule has 0 bridgehead atoms. The molecule has 11 heavy (non-hydrogen) atoms. The zero-order valence-electron chi connectivity index (χ0n) is 6.11. The van der Waals surface area contributed by atoms with E-state index >= 15 is 0 Å². The van der Waals surface area contributed by atoms with E-state index < -0.39 is 0 Å². The normalized spacial score (nSPS) is 9.55. The molecule has 0 saturated heterocycles. The summed E-state index contributed by atoms with van der Waals surface area (Å²) in [6.45, 7) is 2.19. The number of aromatic nitrogens is 2. The lowest BCUT2D eigenvalue weighted by atomic mass is 10.3. The van der Waals surface area contributed by atoms with Crippen molar-refractivity contribution < 1.29 is 9.53 Å². The Labute approximate surface area is 68.5 Å². The third kappa shape index (κ3) is 2.63. The van der Waals surface area contributed by atoms with Crippen LogP contribution in [0.1, 0.15) is 12.6 Å². The third-order valence-corrected chi connectivity index (χ3v) is 1.55. The monoisotopic (exact) mass is 172 g/mol. The first kappa shape index (κ1) is 8.13. The molecule has 0 aliphatic heterocycles. The molecule has 4 nitrogen and oxygen atoms in total. The van der Waals surface area contributed by atoms with E-state index in [1.54, 1.807) is 13.1 Å². The molecule has 0 aliphatic carbocycles. The maximum Gasteiger partial charge on any atom is 0.311 e. The van der Waals surface area contributed by atoms with Gasteiger partial charge < -0.3 is 4.74 Å². The second-order valence-electron chi connectivity index (χ2n) is 1.88. The second kappa shape index (κ2) is 4.02. The largest absolute Gasteiger partial charge is 0.466 e. The topological polar surface area (TPSA) is 52.1 Å². The van der Waals surface area contributed by atoms with Crippen LogP contribution >= 0.6 is 11.7 Å². The molecule has 60 valence electrons. The lowest BCUT2D eigenvalue weighted by Gasteiger charge is -1.96. The highest BCUT2D eigenvalue weighted by Crippen LogP contribution is 1.97. The van der Waals surface area contributed by atoms with Crippen molar-refractivity contribution in [3.8, 4) is 0 Å². The van der Waals surface area contributed by atoms with Crippen LogP contribution < -0.4 is 0 Å². The summed E-state index contributed by atoms with van der Waals surface area (Å²) in [5.74, 6) is -0.250. The molecule has 5 heteroatoms. The summed E-state index contributed by atoms with van der Waals surface area (Å²) in [5, 5.41) is 0. The van der Waals surface area contributed by atoms with Crippen molar-refractivity contribution >= 4 is 17.7 Å². The van der Waals surface area contributed by atoms with Gasteiger partial charge in [0, 0.05) is 0 Å². The molecule has 1 heterocycles. The second-order valence-corrected chi connectivity index (χ2v) is 2.44. The van der Waals surface area contributed by atoms with Gasteiger partial charge in [-0.25, -0.2) is 0 Å². The van der Waals surface area contributed by atoms with Crippen LogP contribution in [-0.4, -0.2) is 21.3 Å².